The standard InChI is InChI=1S/C10H13FN2O2/c1-8-7-9(13(14)15)3-4-10(8)12-6-2-5-11/h3-4,7,12H,2,5-6H2,1H3. The van der Waals surface area contributed by atoms with Gasteiger partial charge in [0.25, 0.3) is 5.69 Å². The van der Waals surface area contributed by atoms with E-state index in [9.17, 15) is 14.5 Å². The van der Waals surface area contributed by atoms with E-state index >= 15 is 0 Å². The van der Waals surface area contributed by atoms with Gasteiger partial charge in [0, 0.05) is 24.4 Å². The molecule has 0 aliphatic carbocycles. The lowest BCUT2D eigenvalue weighted by atomic mass is 10.2. The molecular formula is C10H13FN2O2. The fourth-order valence-electron chi connectivity index (χ4n) is 1.25. The quantitative estimate of drug-likeness (QED) is 0.463. The first-order valence-corrected chi connectivity index (χ1v) is 4.70. The molecule has 0 amide bonds. The fraction of sp³-hybridized carbons (Fsp3) is 0.400. The molecule has 1 N–H and O–H groups in total. The summed E-state index contributed by atoms with van der Waals surface area (Å²) in [6, 6.07) is 4.58. The molecule has 0 aliphatic heterocycles. The van der Waals surface area contributed by atoms with Crippen LogP contribution in [0.5, 0.6) is 0 Å². The Balaban J connectivity index is 2.70. The van der Waals surface area contributed by atoms with E-state index in [0.29, 0.717) is 13.0 Å². The third kappa shape index (κ3) is 3.19. The first-order valence-electron chi connectivity index (χ1n) is 4.70. The number of nitrogens with one attached hydrogen (secondary N) is 1. The van der Waals surface area contributed by atoms with E-state index in [2.05, 4.69) is 5.32 Å². The predicted octanol–water partition coefficient (Wildman–Crippen LogP) is 2.67. The lowest BCUT2D eigenvalue weighted by molar-refractivity contribution is -0.384. The van der Waals surface area contributed by atoms with E-state index in [1.54, 1.807) is 13.0 Å². The Hall–Kier alpha value is -1.65. The zero-order valence-corrected chi connectivity index (χ0v) is 8.50. The Bertz CT molecular complexity index is 355. The van der Waals surface area contributed by atoms with E-state index in [1.807, 2.05) is 0 Å². The summed E-state index contributed by atoms with van der Waals surface area (Å²) in [7, 11) is 0. The summed E-state index contributed by atoms with van der Waals surface area (Å²) in [6.07, 6.45) is 0.441. The first kappa shape index (κ1) is 11.4. The first-order chi connectivity index (χ1) is 7.15. The highest BCUT2D eigenvalue weighted by Gasteiger charge is 2.07. The summed E-state index contributed by atoms with van der Waals surface area (Å²) < 4.78 is 11.8. The van der Waals surface area contributed by atoms with Crippen molar-refractivity contribution in [2.45, 2.75) is 13.3 Å². The second kappa shape index (κ2) is 5.29. The molecule has 0 saturated carbocycles. The van der Waals surface area contributed by atoms with Gasteiger partial charge in [0.15, 0.2) is 0 Å². The number of anilines is 1. The van der Waals surface area contributed by atoms with Gasteiger partial charge in [-0.05, 0) is 25.0 Å². The number of nitro groups is 1. The van der Waals surface area contributed by atoms with Crippen molar-refractivity contribution in [3.8, 4) is 0 Å². The van der Waals surface area contributed by atoms with Gasteiger partial charge in [0.1, 0.15) is 0 Å². The van der Waals surface area contributed by atoms with Crippen LogP contribution in [0, 0.1) is 17.0 Å². The molecule has 0 fully saturated rings. The zero-order chi connectivity index (χ0) is 11.3. The highest BCUT2D eigenvalue weighted by molar-refractivity contribution is 5.55. The van der Waals surface area contributed by atoms with E-state index in [-0.39, 0.29) is 12.4 Å². The summed E-state index contributed by atoms with van der Waals surface area (Å²) >= 11 is 0. The van der Waals surface area contributed by atoms with E-state index in [0.717, 1.165) is 11.3 Å². The normalized spacial score (nSPS) is 10.0. The zero-order valence-electron chi connectivity index (χ0n) is 8.50. The topological polar surface area (TPSA) is 55.2 Å². The number of non-ortho nitro benzene ring substituents is 1. The van der Waals surface area contributed by atoms with Crippen LogP contribution in [0.2, 0.25) is 0 Å². The number of rotatable bonds is 5. The average molecular weight is 212 g/mol. The SMILES string of the molecule is Cc1cc([N+](=O)[O-])ccc1NCCCF. The number of aryl methyl sites for hydroxylation is 1. The van der Waals surface area contributed by atoms with Crippen LogP contribution in [-0.4, -0.2) is 18.1 Å². The highest BCUT2D eigenvalue weighted by Crippen LogP contribution is 2.20. The Morgan fingerprint density at radius 2 is 2.27 bits per heavy atom. The highest BCUT2D eigenvalue weighted by atomic mass is 19.1. The van der Waals surface area contributed by atoms with Crippen molar-refractivity contribution in [2.75, 3.05) is 18.5 Å². The van der Waals surface area contributed by atoms with Crippen molar-refractivity contribution in [3.63, 3.8) is 0 Å². The van der Waals surface area contributed by atoms with E-state index in [1.165, 1.54) is 12.1 Å². The molecule has 0 bridgehead atoms. The minimum Gasteiger partial charge on any atom is -0.385 e. The molecule has 5 heteroatoms. The summed E-state index contributed by atoms with van der Waals surface area (Å²) in [4.78, 5) is 10.0. The summed E-state index contributed by atoms with van der Waals surface area (Å²) in [5.41, 5.74) is 1.68. The van der Waals surface area contributed by atoms with Crippen LogP contribution >= 0.6 is 0 Å². The van der Waals surface area contributed by atoms with Gasteiger partial charge in [0.2, 0.25) is 0 Å². The van der Waals surface area contributed by atoms with Crippen molar-refractivity contribution in [2.24, 2.45) is 0 Å². The minimum absolute atomic E-state index is 0.0727. The lowest BCUT2D eigenvalue weighted by Gasteiger charge is -2.07. The number of nitro benzene ring substituents is 1. The van der Waals surface area contributed by atoms with Crippen molar-refractivity contribution in [1.29, 1.82) is 0 Å². The second-order valence-electron chi connectivity index (χ2n) is 3.23. The number of hydrogen-bond acceptors (Lipinski definition) is 3. The molecule has 1 aromatic carbocycles. The van der Waals surface area contributed by atoms with Gasteiger partial charge in [-0.25, -0.2) is 0 Å². The lowest BCUT2D eigenvalue weighted by Crippen LogP contribution is -2.03. The molecule has 0 spiro atoms. The molecule has 15 heavy (non-hydrogen) atoms. The monoisotopic (exact) mass is 212 g/mol. The van der Waals surface area contributed by atoms with E-state index in [4.69, 9.17) is 0 Å². The smallest absolute Gasteiger partial charge is 0.269 e. The van der Waals surface area contributed by atoms with Crippen LogP contribution in [0.15, 0.2) is 18.2 Å². The third-order valence-corrected chi connectivity index (χ3v) is 2.05. The molecule has 1 rings (SSSR count). The number of alkyl halides is 1. The molecule has 0 saturated heterocycles. The van der Waals surface area contributed by atoms with Gasteiger partial charge in [-0.2, -0.15) is 0 Å². The van der Waals surface area contributed by atoms with Crippen molar-refractivity contribution < 1.29 is 9.31 Å². The Labute approximate surface area is 87.3 Å². The maximum Gasteiger partial charge on any atom is 0.269 e. The van der Waals surface area contributed by atoms with Gasteiger partial charge in [0.05, 0.1) is 11.6 Å². The molecule has 82 valence electrons. The molecule has 0 aromatic heterocycles. The van der Waals surface area contributed by atoms with Crippen molar-refractivity contribution in [1.82, 2.24) is 0 Å². The molecule has 0 aliphatic rings. The van der Waals surface area contributed by atoms with Crippen LogP contribution in [0.25, 0.3) is 0 Å². The predicted molar refractivity (Wildman–Crippen MR) is 56.9 cm³/mol. The summed E-state index contributed by atoms with van der Waals surface area (Å²) in [5.74, 6) is 0. The maximum absolute atomic E-state index is 11.8. The van der Waals surface area contributed by atoms with Crippen LogP contribution in [-0.2, 0) is 0 Å². The average Bonchev–Trinajstić information content (AvgIpc) is 2.20. The molecule has 0 unspecified atom stereocenters. The molecule has 0 heterocycles. The Morgan fingerprint density at radius 3 is 2.80 bits per heavy atom. The van der Waals surface area contributed by atoms with Gasteiger partial charge in [-0.1, -0.05) is 0 Å². The van der Waals surface area contributed by atoms with Crippen molar-refractivity contribution >= 4 is 11.4 Å². The Kier molecular flexibility index (Phi) is 4.03. The van der Waals surface area contributed by atoms with Crippen LogP contribution < -0.4 is 5.32 Å². The van der Waals surface area contributed by atoms with Gasteiger partial charge in [-0.3, -0.25) is 14.5 Å². The van der Waals surface area contributed by atoms with Crippen LogP contribution in [0.1, 0.15) is 12.0 Å². The number of benzene rings is 1. The van der Waals surface area contributed by atoms with Gasteiger partial charge >= 0.3 is 0 Å². The van der Waals surface area contributed by atoms with Crippen LogP contribution in [0.4, 0.5) is 15.8 Å². The molecule has 0 atom stereocenters. The molecule has 4 nitrogen and oxygen atoms in total. The minimum atomic E-state index is -0.432. The largest absolute Gasteiger partial charge is 0.385 e. The third-order valence-electron chi connectivity index (χ3n) is 2.05. The molecular weight excluding hydrogens is 199 g/mol. The Morgan fingerprint density at radius 1 is 1.53 bits per heavy atom. The van der Waals surface area contributed by atoms with E-state index < -0.39 is 4.92 Å². The van der Waals surface area contributed by atoms with Crippen LogP contribution in [0.3, 0.4) is 0 Å². The van der Waals surface area contributed by atoms with Crippen molar-refractivity contribution in [3.05, 3.63) is 33.9 Å². The number of hydrogen-bond donors (Lipinski definition) is 1. The van der Waals surface area contributed by atoms with Gasteiger partial charge in [-0.15, -0.1) is 0 Å². The fourth-order valence-corrected chi connectivity index (χ4v) is 1.25. The molecule has 1 aromatic rings. The summed E-state index contributed by atoms with van der Waals surface area (Å²) in [5, 5.41) is 13.5. The maximum atomic E-state index is 11.8. The van der Waals surface area contributed by atoms with Gasteiger partial charge < -0.3 is 5.32 Å². The molecule has 0 radical (unpaired) electrons. The number of halogens is 1. The second-order valence-corrected chi connectivity index (χ2v) is 3.23. The summed E-state index contributed by atoms with van der Waals surface area (Å²) in [6.45, 7) is 1.96. The number of nitrogens with zero attached hydrogens (tertiary/aromatic N) is 1.